The van der Waals surface area contributed by atoms with E-state index in [0.29, 0.717) is 5.92 Å². The first-order chi connectivity index (χ1) is 9.90. The van der Waals surface area contributed by atoms with Gasteiger partial charge in [-0.05, 0) is 38.8 Å². The van der Waals surface area contributed by atoms with Gasteiger partial charge in [-0.3, -0.25) is 4.79 Å². The third kappa shape index (κ3) is 4.33. The molecule has 1 heterocycles. The van der Waals surface area contributed by atoms with Crippen LogP contribution in [0.3, 0.4) is 0 Å². The normalized spacial score (nSPS) is 25.0. The number of urea groups is 1. The minimum absolute atomic E-state index is 0.0265. The zero-order valence-electron chi connectivity index (χ0n) is 13.1. The first-order valence-corrected chi connectivity index (χ1v) is 7.84. The lowest BCUT2D eigenvalue weighted by Crippen LogP contribution is -2.52. The first-order valence-electron chi connectivity index (χ1n) is 7.84. The van der Waals surface area contributed by atoms with Crippen molar-refractivity contribution in [1.29, 1.82) is 0 Å². The van der Waals surface area contributed by atoms with Gasteiger partial charge in [0.2, 0.25) is 0 Å². The molecule has 2 fully saturated rings. The van der Waals surface area contributed by atoms with Crippen LogP contribution in [0.4, 0.5) is 4.79 Å². The Bertz CT molecular complexity index is 394. The molecule has 21 heavy (non-hydrogen) atoms. The summed E-state index contributed by atoms with van der Waals surface area (Å²) in [5.41, 5.74) is -0.538. The molecular formula is C15H27N3O3. The molecule has 2 rings (SSSR count). The highest BCUT2D eigenvalue weighted by atomic mass is 16.4. The van der Waals surface area contributed by atoms with Crippen molar-refractivity contribution in [2.45, 2.75) is 44.1 Å². The van der Waals surface area contributed by atoms with Gasteiger partial charge >= 0.3 is 12.0 Å². The second-order valence-corrected chi connectivity index (χ2v) is 6.79. The summed E-state index contributed by atoms with van der Waals surface area (Å²) in [7, 11) is 3.90. The molecule has 2 N–H and O–H groups in total. The van der Waals surface area contributed by atoms with E-state index in [2.05, 4.69) is 17.3 Å². The molecule has 1 saturated carbocycles. The van der Waals surface area contributed by atoms with Crippen molar-refractivity contribution < 1.29 is 14.7 Å². The molecule has 2 aliphatic rings. The van der Waals surface area contributed by atoms with Crippen LogP contribution in [-0.4, -0.2) is 66.2 Å². The van der Waals surface area contributed by atoms with Gasteiger partial charge in [0, 0.05) is 20.1 Å². The minimum Gasteiger partial charge on any atom is -0.481 e. The Labute approximate surface area is 126 Å². The van der Waals surface area contributed by atoms with E-state index in [1.54, 1.807) is 11.9 Å². The molecule has 6 nitrogen and oxygen atoms in total. The molecule has 120 valence electrons. The van der Waals surface area contributed by atoms with Gasteiger partial charge in [0.05, 0.1) is 12.0 Å². The summed E-state index contributed by atoms with van der Waals surface area (Å²) in [4.78, 5) is 27.4. The van der Waals surface area contributed by atoms with Gasteiger partial charge in [-0.25, -0.2) is 4.79 Å². The smallest absolute Gasteiger partial charge is 0.317 e. The summed E-state index contributed by atoms with van der Waals surface area (Å²) in [6.45, 7) is 2.85. The highest BCUT2D eigenvalue weighted by molar-refractivity contribution is 5.76. The van der Waals surface area contributed by atoms with E-state index in [4.69, 9.17) is 5.11 Å². The Kier molecular flexibility index (Phi) is 5.08. The van der Waals surface area contributed by atoms with Gasteiger partial charge in [0.1, 0.15) is 0 Å². The SMILES string of the molecule is CN1CCC(CN(C)C(=O)NC2(CC(=O)O)CCCC2)C1. The van der Waals surface area contributed by atoms with Crippen LogP contribution in [0.15, 0.2) is 0 Å². The number of carbonyl (C=O) groups is 2. The molecule has 1 saturated heterocycles. The second-order valence-electron chi connectivity index (χ2n) is 6.79. The largest absolute Gasteiger partial charge is 0.481 e. The Morgan fingerprint density at radius 3 is 2.57 bits per heavy atom. The molecule has 1 unspecified atom stereocenters. The standard InChI is InChI=1S/C15H27N3O3/c1-17-8-5-12(10-17)11-18(2)14(21)16-15(9-13(19)20)6-3-4-7-15/h12H,3-11H2,1-2H3,(H,16,21)(H,19,20). The molecule has 0 bridgehead atoms. The number of nitrogens with one attached hydrogen (secondary N) is 1. The van der Waals surface area contributed by atoms with Crippen LogP contribution < -0.4 is 5.32 Å². The molecule has 0 aromatic rings. The van der Waals surface area contributed by atoms with Gasteiger partial charge in [-0.15, -0.1) is 0 Å². The lowest BCUT2D eigenvalue weighted by Gasteiger charge is -2.32. The number of amides is 2. The number of rotatable bonds is 5. The number of aliphatic carboxylic acids is 1. The number of carboxylic acids is 1. The third-order valence-electron chi connectivity index (χ3n) is 4.79. The fourth-order valence-corrected chi connectivity index (χ4v) is 3.66. The van der Waals surface area contributed by atoms with E-state index in [9.17, 15) is 9.59 Å². The molecule has 1 aliphatic heterocycles. The Morgan fingerprint density at radius 2 is 2.05 bits per heavy atom. The maximum absolute atomic E-state index is 12.4. The van der Waals surface area contributed by atoms with E-state index in [1.165, 1.54) is 0 Å². The van der Waals surface area contributed by atoms with E-state index in [0.717, 1.165) is 51.7 Å². The van der Waals surface area contributed by atoms with Crippen molar-refractivity contribution in [3.05, 3.63) is 0 Å². The Hall–Kier alpha value is -1.30. The summed E-state index contributed by atoms with van der Waals surface area (Å²) in [6, 6.07) is -0.132. The molecule has 0 radical (unpaired) electrons. The fraction of sp³-hybridized carbons (Fsp3) is 0.867. The molecule has 1 atom stereocenters. The number of hydrogen-bond donors (Lipinski definition) is 2. The molecule has 2 amide bonds. The maximum Gasteiger partial charge on any atom is 0.317 e. The van der Waals surface area contributed by atoms with Crippen LogP contribution in [0.5, 0.6) is 0 Å². The maximum atomic E-state index is 12.4. The number of carboxylic acid groups (broad SMARTS) is 1. The van der Waals surface area contributed by atoms with Crippen molar-refractivity contribution in [3.63, 3.8) is 0 Å². The summed E-state index contributed by atoms with van der Waals surface area (Å²) in [5, 5.41) is 12.1. The zero-order chi connectivity index (χ0) is 15.5. The van der Waals surface area contributed by atoms with Crippen LogP contribution >= 0.6 is 0 Å². The van der Waals surface area contributed by atoms with Crippen molar-refractivity contribution in [2.24, 2.45) is 5.92 Å². The topological polar surface area (TPSA) is 72.9 Å². The molecule has 6 heteroatoms. The number of carbonyl (C=O) groups excluding carboxylic acids is 1. The summed E-state index contributed by atoms with van der Waals surface area (Å²) in [5.74, 6) is -0.318. The van der Waals surface area contributed by atoms with Crippen LogP contribution in [0.1, 0.15) is 38.5 Å². The predicted octanol–water partition coefficient (Wildman–Crippen LogP) is 1.37. The summed E-state index contributed by atoms with van der Waals surface area (Å²) in [6.07, 6.45) is 4.67. The predicted molar refractivity (Wildman–Crippen MR) is 80.2 cm³/mol. The van der Waals surface area contributed by atoms with Crippen LogP contribution in [0, 0.1) is 5.92 Å². The van der Waals surface area contributed by atoms with E-state index >= 15 is 0 Å². The van der Waals surface area contributed by atoms with Crippen molar-refractivity contribution in [2.75, 3.05) is 33.7 Å². The van der Waals surface area contributed by atoms with Crippen LogP contribution in [0.25, 0.3) is 0 Å². The lowest BCUT2D eigenvalue weighted by atomic mass is 9.93. The van der Waals surface area contributed by atoms with E-state index < -0.39 is 11.5 Å². The van der Waals surface area contributed by atoms with Crippen molar-refractivity contribution in [3.8, 4) is 0 Å². The van der Waals surface area contributed by atoms with Crippen molar-refractivity contribution >= 4 is 12.0 Å². The lowest BCUT2D eigenvalue weighted by molar-refractivity contribution is -0.138. The van der Waals surface area contributed by atoms with Gasteiger partial charge in [-0.2, -0.15) is 0 Å². The highest BCUT2D eigenvalue weighted by Crippen LogP contribution is 2.32. The summed E-state index contributed by atoms with van der Waals surface area (Å²) < 4.78 is 0. The Morgan fingerprint density at radius 1 is 1.38 bits per heavy atom. The average molecular weight is 297 g/mol. The minimum atomic E-state index is -0.836. The van der Waals surface area contributed by atoms with Crippen molar-refractivity contribution in [1.82, 2.24) is 15.1 Å². The zero-order valence-corrected chi connectivity index (χ0v) is 13.1. The molecule has 0 aromatic heterocycles. The summed E-state index contributed by atoms with van der Waals surface area (Å²) >= 11 is 0. The highest BCUT2D eigenvalue weighted by Gasteiger charge is 2.38. The molecule has 0 aromatic carbocycles. The average Bonchev–Trinajstić information content (AvgIpc) is 2.98. The van der Waals surface area contributed by atoms with Gasteiger partial charge < -0.3 is 20.2 Å². The number of hydrogen-bond acceptors (Lipinski definition) is 3. The van der Waals surface area contributed by atoms with E-state index in [-0.39, 0.29) is 12.5 Å². The van der Waals surface area contributed by atoms with Crippen LogP contribution in [0.2, 0.25) is 0 Å². The van der Waals surface area contributed by atoms with Gasteiger partial charge in [0.25, 0.3) is 0 Å². The molecular weight excluding hydrogens is 270 g/mol. The first kappa shape index (κ1) is 16.1. The quantitative estimate of drug-likeness (QED) is 0.804. The molecule has 0 spiro atoms. The Balaban J connectivity index is 1.87. The van der Waals surface area contributed by atoms with Crippen LogP contribution in [-0.2, 0) is 4.79 Å². The van der Waals surface area contributed by atoms with Gasteiger partial charge in [-0.1, -0.05) is 12.8 Å². The second kappa shape index (κ2) is 6.64. The molecule has 1 aliphatic carbocycles. The van der Waals surface area contributed by atoms with E-state index in [1.807, 2.05) is 0 Å². The monoisotopic (exact) mass is 297 g/mol. The third-order valence-corrected chi connectivity index (χ3v) is 4.79. The fourth-order valence-electron chi connectivity index (χ4n) is 3.66. The number of likely N-dealkylation sites (tertiary alicyclic amines) is 1. The van der Waals surface area contributed by atoms with Gasteiger partial charge in [0.15, 0.2) is 0 Å². The number of nitrogens with zero attached hydrogens (tertiary/aromatic N) is 2.